The predicted molar refractivity (Wildman–Crippen MR) is 91.9 cm³/mol. The average molecular weight is 365 g/mol. The zero-order chi connectivity index (χ0) is 18.0. The van der Waals surface area contributed by atoms with Crippen LogP contribution in [0, 0.1) is 5.92 Å². The number of thiazole rings is 1. The normalized spacial score (nSPS) is 26.2. The Hall–Kier alpha value is -1.96. The number of urea groups is 1. The van der Waals surface area contributed by atoms with Gasteiger partial charge in [-0.1, -0.05) is 13.8 Å². The second kappa shape index (κ2) is 7.11. The van der Waals surface area contributed by atoms with E-state index in [1.807, 2.05) is 12.3 Å². The van der Waals surface area contributed by atoms with Crippen LogP contribution in [0.15, 0.2) is 5.38 Å². The number of ether oxygens (including phenoxy) is 1. The number of nitrogens with one attached hydrogen (secondary N) is 1. The van der Waals surface area contributed by atoms with Crippen molar-refractivity contribution in [2.75, 3.05) is 6.54 Å². The van der Waals surface area contributed by atoms with Crippen LogP contribution in [0.25, 0.3) is 0 Å². The largest absolute Gasteiger partial charge is 0.458 e. The number of rotatable bonds is 5. The Labute approximate surface area is 150 Å². The summed E-state index contributed by atoms with van der Waals surface area (Å²) in [5.74, 6) is -0.348. The smallest absolute Gasteiger partial charge is 0.326 e. The predicted octanol–water partition coefficient (Wildman–Crippen LogP) is 2.25. The summed E-state index contributed by atoms with van der Waals surface area (Å²) in [6.07, 6.45) is 3.88. The van der Waals surface area contributed by atoms with Gasteiger partial charge in [0, 0.05) is 5.38 Å². The molecule has 0 atom stereocenters. The van der Waals surface area contributed by atoms with Gasteiger partial charge in [0.1, 0.15) is 18.7 Å². The average Bonchev–Trinajstić information content (AvgIpc) is 3.15. The number of nitrogens with zero attached hydrogens (tertiary/aromatic N) is 2. The minimum Gasteiger partial charge on any atom is -0.458 e. The number of carbonyl (C=O) groups excluding carboxylic acids is 3. The van der Waals surface area contributed by atoms with Crippen molar-refractivity contribution in [1.29, 1.82) is 0 Å². The number of hydrogen-bond acceptors (Lipinski definition) is 6. The van der Waals surface area contributed by atoms with Crippen LogP contribution >= 0.6 is 11.3 Å². The lowest BCUT2D eigenvalue weighted by molar-refractivity contribution is -0.149. The molecule has 25 heavy (non-hydrogen) atoms. The lowest BCUT2D eigenvalue weighted by Crippen LogP contribution is -2.49. The first kappa shape index (κ1) is 17.8. The third-order valence-electron chi connectivity index (χ3n) is 4.94. The molecule has 3 amide bonds. The second-order valence-electron chi connectivity index (χ2n) is 6.83. The highest BCUT2D eigenvalue weighted by molar-refractivity contribution is 7.09. The summed E-state index contributed by atoms with van der Waals surface area (Å²) in [4.78, 5) is 42.2. The van der Waals surface area contributed by atoms with E-state index in [0.717, 1.165) is 29.2 Å². The number of aryl methyl sites for hydroxylation is 1. The van der Waals surface area contributed by atoms with Gasteiger partial charge >= 0.3 is 12.0 Å². The first-order valence-electron chi connectivity index (χ1n) is 8.66. The molecule has 1 aliphatic carbocycles. The summed E-state index contributed by atoms with van der Waals surface area (Å²) < 4.78 is 5.17. The van der Waals surface area contributed by atoms with Crippen LogP contribution in [0.3, 0.4) is 0 Å². The third kappa shape index (κ3) is 3.68. The van der Waals surface area contributed by atoms with Gasteiger partial charge in [-0.15, -0.1) is 11.3 Å². The number of imide groups is 1. The maximum Gasteiger partial charge on any atom is 0.326 e. The minimum absolute atomic E-state index is 0.0572. The molecule has 0 bridgehead atoms. The van der Waals surface area contributed by atoms with E-state index in [2.05, 4.69) is 17.2 Å². The quantitative estimate of drug-likeness (QED) is 0.639. The fourth-order valence-corrected chi connectivity index (χ4v) is 4.05. The summed E-state index contributed by atoms with van der Waals surface area (Å²) in [6.45, 7) is 3.86. The molecule has 7 nitrogen and oxygen atoms in total. The van der Waals surface area contributed by atoms with Crippen LogP contribution in [0.4, 0.5) is 4.79 Å². The molecule has 1 saturated carbocycles. The van der Waals surface area contributed by atoms with Gasteiger partial charge in [0.2, 0.25) is 0 Å². The number of amides is 3. The van der Waals surface area contributed by atoms with Crippen molar-refractivity contribution in [1.82, 2.24) is 15.2 Å². The van der Waals surface area contributed by atoms with Gasteiger partial charge in [-0.05, 0) is 38.0 Å². The molecule has 136 valence electrons. The van der Waals surface area contributed by atoms with Crippen LogP contribution in [-0.2, 0) is 27.4 Å². The maximum absolute atomic E-state index is 12.7. The Morgan fingerprint density at radius 3 is 2.80 bits per heavy atom. The number of hydrogen-bond donors (Lipinski definition) is 1. The van der Waals surface area contributed by atoms with Crippen molar-refractivity contribution in [3.63, 3.8) is 0 Å². The van der Waals surface area contributed by atoms with Crippen molar-refractivity contribution in [2.45, 2.75) is 58.1 Å². The topological polar surface area (TPSA) is 88.6 Å². The van der Waals surface area contributed by atoms with E-state index in [4.69, 9.17) is 4.74 Å². The lowest BCUT2D eigenvalue weighted by atomic mass is 9.77. The van der Waals surface area contributed by atoms with Gasteiger partial charge in [0.05, 0.1) is 10.7 Å². The SMILES string of the molecule is CCc1nc(COC(=O)CN2C(=O)NC3(CCC(C)CC3)C2=O)cs1. The Balaban J connectivity index is 1.55. The van der Waals surface area contributed by atoms with Crippen molar-refractivity contribution in [3.05, 3.63) is 16.1 Å². The van der Waals surface area contributed by atoms with Crippen LogP contribution in [0.2, 0.25) is 0 Å². The first-order valence-corrected chi connectivity index (χ1v) is 9.54. The van der Waals surface area contributed by atoms with Gasteiger partial charge in [0.25, 0.3) is 5.91 Å². The van der Waals surface area contributed by atoms with Gasteiger partial charge in [-0.3, -0.25) is 14.5 Å². The van der Waals surface area contributed by atoms with Gasteiger partial charge < -0.3 is 10.1 Å². The Kier molecular flexibility index (Phi) is 5.08. The minimum atomic E-state index is -0.825. The molecule has 8 heteroatoms. The highest BCUT2D eigenvalue weighted by Crippen LogP contribution is 2.36. The van der Waals surface area contributed by atoms with Crippen LogP contribution in [-0.4, -0.2) is 39.9 Å². The van der Waals surface area contributed by atoms with Crippen molar-refractivity contribution >= 4 is 29.2 Å². The summed E-state index contributed by atoms with van der Waals surface area (Å²) >= 11 is 1.52. The van der Waals surface area contributed by atoms with E-state index in [-0.39, 0.29) is 19.1 Å². The highest BCUT2D eigenvalue weighted by atomic mass is 32.1. The lowest BCUT2D eigenvalue weighted by Gasteiger charge is -2.33. The van der Waals surface area contributed by atoms with Gasteiger partial charge in [0.15, 0.2) is 0 Å². The third-order valence-corrected chi connectivity index (χ3v) is 5.99. The molecule has 1 aliphatic heterocycles. The molecule has 3 rings (SSSR count). The maximum atomic E-state index is 12.7. The molecule has 2 heterocycles. The van der Waals surface area contributed by atoms with E-state index in [0.29, 0.717) is 24.5 Å². The zero-order valence-corrected chi connectivity index (χ0v) is 15.4. The molecule has 1 N–H and O–H groups in total. The highest BCUT2D eigenvalue weighted by Gasteiger charge is 2.52. The van der Waals surface area contributed by atoms with Crippen molar-refractivity contribution in [2.24, 2.45) is 5.92 Å². The van der Waals surface area contributed by atoms with Gasteiger partial charge in [-0.25, -0.2) is 9.78 Å². The molecule has 1 spiro atoms. The molecule has 1 aromatic heterocycles. The van der Waals surface area contributed by atoms with E-state index in [1.54, 1.807) is 0 Å². The van der Waals surface area contributed by atoms with Crippen LogP contribution in [0.5, 0.6) is 0 Å². The number of aromatic nitrogens is 1. The summed E-state index contributed by atoms with van der Waals surface area (Å²) in [5, 5.41) is 5.62. The summed E-state index contributed by atoms with van der Waals surface area (Å²) in [7, 11) is 0. The van der Waals surface area contributed by atoms with E-state index < -0.39 is 17.5 Å². The number of esters is 1. The standard InChI is InChI=1S/C17H23N3O4S/c1-3-13-18-12(10-25-13)9-24-14(21)8-20-15(22)17(19-16(20)23)6-4-11(2)5-7-17/h10-11H,3-9H2,1-2H3,(H,19,23). The monoisotopic (exact) mass is 365 g/mol. The zero-order valence-electron chi connectivity index (χ0n) is 14.5. The fourth-order valence-electron chi connectivity index (χ4n) is 3.32. The molecule has 2 aliphatic rings. The molecule has 1 saturated heterocycles. The molecular formula is C17H23N3O4S. The second-order valence-corrected chi connectivity index (χ2v) is 7.78. The Morgan fingerprint density at radius 1 is 1.44 bits per heavy atom. The van der Waals surface area contributed by atoms with Crippen LogP contribution in [0.1, 0.15) is 50.2 Å². The van der Waals surface area contributed by atoms with E-state index in [1.165, 1.54) is 11.3 Å². The van der Waals surface area contributed by atoms with E-state index >= 15 is 0 Å². The molecule has 2 fully saturated rings. The van der Waals surface area contributed by atoms with Crippen molar-refractivity contribution < 1.29 is 19.1 Å². The summed E-state index contributed by atoms with van der Waals surface area (Å²) in [5.41, 5.74) is -0.139. The molecule has 0 unspecified atom stereocenters. The number of carbonyl (C=O) groups is 3. The fraction of sp³-hybridized carbons (Fsp3) is 0.647. The summed E-state index contributed by atoms with van der Waals surface area (Å²) in [6, 6.07) is -0.501. The molecular weight excluding hydrogens is 342 g/mol. The van der Waals surface area contributed by atoms with Crippen LogP contribution < -0.4 is 5.32 Å². The Morgan fingerprint density at radius 2 is 2.16 bits per heavy atom. The molecule has 0 aromatic carbocycles. The molecule has 1 aromatic rings. The Bertz CT molecular complexity index is 679. The van der Waals surface area contributed by atoms with E-state index in [9.17, 15) is 14.4 Å². The van der Waals surface area contributed by atoms with Crippen molar-refractivity contribution in [3.8, 4) is 0 Å². The van der Waals surface area contributed by atoms with Gasteiger partial charge in [-0.2, -0.15) is 0 Å². The molecule has 0 radical (unpaired) electrons. The first-order chi connectivity index (χ1) is 11.9.